The first kappa shape index (κ1) is 17.1. The molecule has 0 radical (unpaired) electrons. The maximum Gasteiger partial charge on any atom is 0.305 e. The SMILES string of the molecule is Cc1cccc(F)c1-n1nc(C(=O)N(C)CCC(=O)O)c2c1CCC2. The monoisotopic (exact) mass is 345 g/mol. The van der Waals surface area contributed by atoms with E-state index < -0.39 is 5.97 Å². The fourth-order valence-corrected chi connectivity index (χ4v) is 3.23. The van der Waals surface area contributed by atoms with Crippen LogP contribution in [0, 0.1) is 12.7 Å². The van der Waals surface area contributed by atoms with E-state index in [4.69, 9.17) is 5.11 Å². The van der Waals surface area contributed by atoms with Crippen LogP contribution < -0.4 is 0 Å². The van der Waals surface area contributed by atoms with Gasteiger partial charge in [-0.05, 0) is 37.8 Å². The first-order chi connectivity index (χ1) is 11.9. The summed E-state index contributed by atoms with van der Waals surface area (Å²) in [5.41, 5.74) is 3.12. The minimum atomic E-state index is -0.961. The van der Waals surface area contributed by atoms with Crippen LogP contribution in [-0.4, -0.2) is 45.3 Å². The van der Waals surface area contributed by atoms with E-state index in [9.17, 15) is 14.0 Å². The van der Waals surface area contributed by atoms with Crippen molar-refractivity contribution < 1.29 is 19.1 Å². The topological polar surface area (TPSA) is 75.4 Å². The van der Waals surface area contributed by atoms with Gasteiger partial charge in [0.1, 0.15) is 11.5 Å². The molecule has 6 nitrogen and oxygen atoms in total. The highest BCUT2D eigenvalue weighted by Gasteiger charge is 2.29. The minimum Gasteiger partial charge on any atom is -0.481 e. The number of carbonyl (C=O) groups is 2. The number of hydrogen-bond acceptors (Lipinski definition) is 3. The molecule has 25 heavy (non-hydrogen) atoms. The molecule has 0 spiro atoms. The summed E-state index contributed by atoms with van der Waals surface area (Å²) in [5, 5.41) is 13.2. The van der Waals surface area contributed by atoms with Crippen molar-refractivity contribution in [3.8, 4) is 5.69 Å². The van der Waals surface area contributed by atoms with Crippen molar-refractivity contribution in [1.29, 1.82) is 0 Å². The number of amides is 1. The molecule has 132 valence electrons. The molecule has 0 bridgehead atoms. The molecule has 1 aliphatic carbocycles. The van der Waals surface area contributed by atoms with Crippen LogP contribution in [0.4, 0.5) is 4.39 Å². The van der Waals surface area contributed by atoms with Crippen LogP contribution in [0.2, 0.25) is 0 Å². The molecule has 1 aromatic heterocycles. The van der Waals surface area contributed by atoms with Crippen LogP contribution in [0.1, 0.15) is 40.2 Å². The average Bonchev–Trinajstić information content (AvgIpc) is 3.15. The number of aromatic nitrogens is 2. The van der Waals surface area contributed by atoms with Crippen molar-refractivity contribution in [3.05, 3.63) is 46.5 Å². The summed E-state index contributed by atoms with van der Waals surface area (Å²) in [7, 11) is 1.56. The van der Waals surface area contributed by atoms with E-state index in [-0.39, 0.29) is 24.7 Å². The molecule has 0 atom stereocenters. The van der Waals surface area contributed by atoms with Crippen LogP contribution in [-0.2, 0) is 17.6 Å². The zero-order valence-corrected chi connectivity index (χ0v) is 14.3. The second-order valence-electron chi connectivity index (χ2n) is 6.31. The Bertz CT molecular complexity index is 824. The molecule has 1 N–H and O–H groups in total. The van der Waals surface area contributed by atoms with Gasteiger partial charge < -0.3 is 10.0 Å². The summed E-state index contributed by atoms with van der Waals surface area (Å²) < 4.78 is 15.9. The number of hydrogen-bond donors (Lipinski definition) is 1. The number of nitrogens with zero attached hydrogens (tertiary/aromatic N) is 3. The van der Waals surface area contributed by atoms with Crippen LogP contribution in [0.15, 0.2) is 18.2 Å². The number of aliphatic carboxylic acids is 1. The maximum atomic E-state index is 14.4. The third-order valence-corrected chi connectivity index (χ3v) is 4.54. The molecule has 2 aromatic rings. The first-order valence-corrected chi connectivity index (χ1v) is 8.23. The summed E-state index contributed by atoms with van der Waals surface area (Å²) in [6.45, 7) is 1.91. The van der Waals surface area contributed by atoms with Crippen LogP contribution >= 0.6 is 0 Å². The molecule has 3 rings (SSSR count). The van der Waals surface area contributed by atoms with Crippen molar-refractivity contribution in [1.82, 2.24) is 14.7 Å². The maximum absolute atomic E-state index is 14.4. The largest absolute Gasteiger partial charge is 0.481 e. The lowest BCUT2D eigenvalue weighted by molar-refractivity contribution is -0.137. The number of para-hydroxylation sites is 1. The van der Waals surface area contributed by atoms with Crippen molar-refractivity contribution in [2.75, 3.05) is 13.6 Å². The predicted molar refractivity (Wildman–Crippen MR) is 89.5 cm³/mol. The molecular weight excluding hydrogens is 325 g/mol. The van der Waals surface area contributed by atoms with Gasteiger partial charge in [-0.25, -0.2) is 9.07 Å². The van der Waals surface area contributed by atoms with Crippen molar-refractivity contribution in [3.63, 3.8) is 0 Å². The van der Waals surface area contributed by atoms with Gasteiger partial charge in [-0.1, -0.05) is 12.1 Å². The normalized spacial score (nSPS) is 12.9. The standard InChI is InChI=1S/C18H20FN3O3/c1-11-5-3-7-13(19)17(11)22-14-8-4-6-12(14)16(20-22)18(25)21(2)10-9-15(23)24/h3,5,7H,4,6,8-10H2,1-2H3,(H,23,24). The van der Waals surface area contributed by atoms with Crippen LogP contribution in [0.25, 0.3) is 5.69 Å². The molecule has 0 fully saturated rings. The van der Waals surface area contributed by atoms with Gasteiger partial charge in [0.05, 0.1) is 6.42 Å². The Morgan fingerprint density at radius 1 is 1.36 bits per heavy atom. The summed E-state index contributed by atoms with van der Waals surface area (Å²) in [6.07, 6.45) is 2.22. The van der Waals surface area contributed by atoms with Gasteiger partial charge >= 0.3 is 5.97 Å². The number of aryl methyl sites for hydroxylation is 1. The summed E-state index contributed by atoms with van der Waals surface area (Å²) >= 11 is 0. The van der Waals surface area contributed by atoms with E-state index in [1.54, 1.807) is 17.8 Å². The number of rotatable bonds is 5. The van der Waals surface area contributed by atoms with Gasteiger partial charge in [0.15, 0.2) is 5.69 Å². The Hall–Kier alpha value is -2.70. The van der Waals surface area contributed by atoms with E-state index in [0.29, 0.717) is 11.4 Å². The highest BCUT2D eigenvalue weighted by Crippen LogP contribution is 2.30. The fourth-order valence-electron chi connectivity index (χ4n) is 3.23. The minimum absolute atomic E-state index is 0.106. The molecule has 0 saturated carbocycles. The molecule has 0 unspecified atom stereocenters. The Morgan fingerprint density at radius 2 is 2.12 bits per heavy atom. The van der Waals surface area contributed by atoms with Crippen molar-refractivity contribution in [2.24, 2.45) is 0 Å². The molecule has 1 aromatic carbocycles. The number of carboxylic acid groups (broad SMARTS) is 1. The Balaban J connectivity index is 2.01. The highest BCUT2D eigenvalue weighted by molar-refractivity contribution is 5.94. The molecule has 0 saturated heterocycles. The predicted octanol–water partition coefficient (Wildman–Crippen LogP) is 2.36. The molecule has 1 amide bonds. The van der Waals surface area contributed by atoms with Crippen molar-refractivity contribution in [2.45, 2.75) is 32.6 Å². The fraction of sp³-hybridized carbons (Fsp3) is 0.389. The lowest BCUT2D eigenvalue weighted by Gasteiger charge is -2.15. The summed E-state index contributed by atoms with van der Waals surface area (Å²) in [4.78, 5) is 24.8. The van der Waals surface area contributed by atoms with Gasteiger partial charge in [-0.3, -0.25) is 9.59 Å². The number of halogens is 1. The molecule has 1 heterocycles. The van der Waals surface area contributed by atoms with Gasteiger partial charge in [0.2, 0.25) is 0 Å². The number of benzene rings is 1. The van der Waals surface area contributed by atoms with Crippen LogP contribution in [0.3, 0.4) is 0 Å². The third-order valence-electron chi connectivity index (χ3n) is 4.54. The second kappa shape index (κ2) is 6.66. The molecule has 7 heteroatoms. The molecule has 0 aliphatic heterocycles. The quantitative estimate of drug-likeness (QED) is 0.903. The highest BCUT2D eigenvalue weighted by atomic mass is 19.1. The van der Waals surface area contributed by atoms with E-state index in [1.165, 1.54) is 11.0 Å². The van der Waals surface area contributed by atoms with Crippen LogP contribution in [0.5, 0.6) is 0 Å². The number of carboxylic acids is 1. The van der Waals surface area contributed by atoms with E-state index >= 15 is 0 Å². The first-order valence-electron chi connectivity index (χ1n) is 8.23. The number of carbonyl (C=O) groups excluding carboxylic acids is 1. The van der Waals surface area contributed by atoms with Gasteiger partial charge in [-0.2, -0.15) is 5.10 Å². The van der Waals surface area contributed by atoms with Gasteiger partial charge in [0, 0.05) is 24.8 Å². The summed E-state index contributed by atoms with van der Waals surface area (Å²) in [5.74, 6) is -1.67. The Kier molecular flexibility index (Phi) is 4.57. The molecular formula is C18H20FN3O3. The zero-order chi connectivity index (χ0) is 18.1. The van der Waals surface area contributed by atoms with Gasteiger partial charge in [0.25, 0.3) is 5.91 Å². The van der Waals surface area contributed by atoms with E-state index in [1.807, 2.05) is 13.0 Å². The summed E-state index contributed by atoms with van der Waals surface area (Å²) in [6, 6.07) is 4.83. The lowest BCUT2D eigenvalue weighted by atomic mass is 10.1. The lowest BCUT2D eigenvalue weighted by Crippen LogP contribution is -2.30. The van der Waals surface area contributed by atoms with E-state index in [2.05, 4.69) is 5.10 Å². The molecule has 1 aliphatic rings. The zero-order valence-electron chi connectivity index (χ0n) is 14.3. The van der Waals surface area contributed by atoms with Gasteiger partial charge in [-0.15, -0.1) is 0 Å². The Morgan fingerprint density at radius 3 is 2.80 bits per heavy atom. The smallest absolute Gasteiger partial charge is 0.305 e. The van der Waals surface area contributed by atoms with Crippen molar-refractivity contribution >= 4 is 11.9 Å². The number of fused-ring (bicyclic) bond motifs is 1. The van der Waals surface area contributed by atoms with E-state index in [0.717, 1.165) is 36.1 Å². The Labute approximate surface area is 144 Å². The third kappa shape index (κ3) is 3.14. The second-order valence-corrected chi connectivity index (χ2v) is 6.31. The average molecular weight is 345 g/mol.